The predicted molar refractivity (Wildman–Crippen MR) is 195 cm³/mol. The monoisotopic (exact) mass is 1180 g/mol. The Labute approximate surface area is 312 Å². The molecule has 13 heteroatoms. The SMILES string of the molecule is Brc1cc(Br)c(Sc2cc(Br)c(Sc3cc(Br)c(Sc4c(Br)cc(Br)cc4Br)cc3Br)cc2Br)c(Br)c1. The van der Waals surface area contributed by atoms with E-state index in [1.165, 1.54) is 0 Å². The van der Waals surface area contributed by atoms with Crippen molar-refractivity contribution < 1.29 is 0 Å². The first-order chi connectivity index (χ1) is 17.4. The third-order valence-corrected chi connectivity index (χ3v) is 16.2. The van der Waals surface area contributed by atoms with Gasteiger partial charge in [0.1, 0.15) is 0 Å². The molecule has 192 valence electrons. The van der Waals surface area contributed by atoms with E-state index in [4.69, 9.17) is 0 Å². The Balaban J connectivity index is 1.59. The maximum Gasteiger partial charge on any atom is 0.0407 e. The van der Waals surface area contributed by atoms with Gasteiger partial charge in [0.2, 0.25) is 0 Å². The molecule has 4 rings (SSSR count). The van der Waals surface area contributed by atoms with Crippen LogP contribution in [0.1, 0.15) is 0 Å². The highest BCUT2D eigenvalue weighted by Gasteiger charge is 2.17. The average molecular weight is 1190 g/mol. The van der Waals surface area contributed by atoms with Crippen molar-refractivity contribution in [3.63, 3.8) is 0 Å². The molecule has 37 heavy (non-hydrogen) atoms. The second kappa shape index (κ2) is 14.5. The fraction of sp³-hybridized carbons (Fsp3) is 0. The summed E-state index contributed by atoms with van der Waals surface area (Å²) >= 11 is 42.0. The van der Waals surface area contributed by atoms with Gasteiger partial charge in [-0.3, -0.25) is 0 Å². The molecule has 0 aliphatic rings. The fourth-order valence-corrected chi connectivity index (χ4v) is 14.0. The second-order valence-electron chi connectivity index (χ2n) is 7.13. The van der Waals surface area contributed by atoms with Crippen LogP contribution >= 0.6 is 195 Å². The molecule has 0 saturated carbocycles. The summed E-state index contributed by atoms with van der Waals surface area (Å²) in [6, 6.07) is 16.8. The van der Waals surface area contributed by atoms with Crippen molar-refractivity contribution in [1.29, 1.82) is 0 Å². The van der Waals surface area contributed by atoms with Crippen LogP contribution in [0, 0.1) is 0 Å². The minimum absolute atomic E-state index is 1.01. The third-order valence-electron chi connectivity index (χ3n) is 4.54. The van der Waals surface area contributed by atoms with Gasteiger partial charge in [-0.05, 0) is 176 Å². The lowest BCUT2D eigenvalue weighted by molar-refractivity contribution is 1.23. The van der Waals surface area contributed by atoms with E-state index >= 15 is 0 Å². The Kier molecular flexibility index (Phi) is 12.8. The normalized spacial score (nSPS) is 11.3. The van der Waals surface area contributed by atoms with Gasteiger partial charge in [-0.1, -0.05) is 67.1 Å². The van der Waals surface area contributed by atoms with E-state index in [-0.39, 0.29) is 0 Å². The second-order valence-corrected chi connectivity index (χ2v) is 19.0. The molecule has 0 N–H and O–H groups in total. The topological polar surface area (TPSA) is 0 Å². The van der Waals surface area contributed by atoms with Crippen LogP contribution in [0.3, 0.4) is 0 Å². The molecular weight excluding hydrogens is 1180 g/mol. The van der Waals surface area contributed by atoms with Crippen LogP contribution in [0.25, 0.3) is 0 Å². The molecule has 0 unspecified atom stereocenters. The number of benzene rings is 4. The Morgan fingerprint density at radius 3 is 0.811 bits per heavy atom. The van der Waals surface area contributed by atoms with Crippen molar-refractivity contribution >= 4 is 195 Å². The summed E-state index contributed by atoms with van der Waals surface area (Å²) in [5.74, 6) is 0. The smallest absolute Gasteiger partial charge is 0.0407 e. The molecule has 0 nitrogen and oxygen atoms in total. The van der Waals surface area contributed by atoms with Crippen LogP contribution in [-0.2, 0) is 0 Å². The highest BCUT2D eigenvalue weighted by atomic mass is 79.9. The van der Waals surface area contributed by atoms with Gasteiger partial charge in [0.05, 0.1) is 0 Å². The van der Waals surface area contributed by atoms with Crippen LogP contribution < -0.4 is 0 Å². The minimum Gasteiger partial charge on any atom is -0.0876 e. The molecule has 4 aromatic carbocycles. The zero-order chi connectivity index (χ0) is 27.0. The molecule has 0 fully saturated rings. The Morgan fingerprint density at radius 1 is 0.297 bits per heavy atom. The van der Waals surface area contributed by atoms with Gasteiger partial charge >= 0.3 is 0 Å². The molecule has 0 bridgehead atoms. The summed E-state index contributed by atoms with van der Waals surface area (Å²) in [5, 5.41) is 0. The molecule has 0 saturated heterocycles. The van der Waals surface area contributed by atoms with Crippen molar-refractivity contribution in [2.75, 3.05) is 0 Å². The molecule has 0 radical (unpaired) electrons. The first-order valence-electron chi connectivity index (χ1n) is 9.73. The molecule has 4 aromatic rings. The quantitative estimate of drug-likeness (QED) is 0.189. The van der Waals surface area contributed by atoms with Crippen LogP contribution in [0.5, 0.6) is 0 Å². The first-order valence-corrected chi connectivity index (χ1v) is 20.1. The Hall–Kier alpha value is 2.73. The molecule has 0 amide bonds. The van der Waals surface area contributed by atoms with Gasteiger partial charge in [-0.15, -0.1) is 0 Å². The summed E-state index contributed by atoms with van der Waals surface area (Å²) in [6.45, 7) is 0. The zero-order valence-electron chi connectivity index (χ0n) is 17.6. The Bertz CT molecular complexity index is 1360. The number of hydrogen-bond acceptors (Lipinski definition) is 3. The van der Waals surface area contributed by atoms with Gasteiger partial charge in [-0.25, -0.2) is 0 Å². The maximum atomic E-state index is 3.79. The van der Waals surface area contributed by atoms with E-state index in [9.17, 15) is 0 Å². The fourth-order valence-electron chi connectivity index (χ4n) is 2.92. The van der Waals surface area contributed by atoms with E-state index in [2.05, 4.69) is 184 Å². The number of hydrogen-bond donors (Lipinski definition) is 0. The summed E-state index contributed by atoms with van der Waals surface area (Å²) in [7, 11) is 0. The van der Waals surface area contributed by atoms with Gasteiger partial charge < -0.3 is 0 Å². The molecule has 0 aliphatic carbocycles. The van der Waals surface area contributed by atoms with Crippen LogP contribution in [0.2, 0.25) is 0 Å². The highest BCUT2D eigenvalue weighted by molar-refractivity contribution is 9.12. The lowest BCUT2D eigenvalue weighted by Gasteiger charge is -2.14. The van der Waals surface area contributed by atoms with E-state index in [0.29, 0.717) is 0 Å². The largest absolute Gasteiger partial charge is 0.0876 e. The summed E-state index contributed by atoms with van der Waals surface area (Å²) in [5.41, 5.74) is 0. The molecule has 0 aromatic heterocycles. The maximum absolute atomic E-state index is 3.79. The van der Waals surface area contributed by atoms with E-state index in [0.717, 1.165) is 74.1 Å². The summed E-state index contributed by atoms with van der Waals surface area (Å²) in [4.78, 5) is 6.66. The highest BCUT2D eigenvalue weighted by Crippen LogP contribution is 2.49. The van der Waals surface area contributed by atoms with Crippen molar-refractivity contribution in [2.24, 2.45) is 0 Å². The van der Waals surface area contributed by atoms with Crippen molar-refractivity contribution in [3.05, 3.63) is 93.3 Å². The van der Waals surface area contributed by atoms with Gasteiger partial charge in [0.15, 0.2) is 0 Å². The zero-order valence-corrected chi connectivity index (χ0v) is 35.9. The molecule has 0 atom stereocenters. The molecular formula is C24H8Br10S3. The van der Waals surface area contributed by atoms with Crippen molar-refractivity contribution in [2.45, 2.75) is 29.4 Å². The first kappa shape index (κ1) is 32.6. The van der Waals surface area contributed by atoms with Crippen molar-refractivity contribution in [3.8, 4) is 0 Å². The molecule has 0 aliphatic heterocycles. The minimum atomic E-state index is 1.01. The van der Waals surface area contributed by atoms with Crippen LogP contribution in [-0.4, -0.2) is 0 Å². The number of halogens is 10. The third kappa shape index (κ3) is 8.43. The lowest BCUT2D eigenvalue weighted by atomic mass is 10.3. The molecule has 0 spiro atoms. The predicted octanol–water partition coefficient (Wildman–Crippen LogP) is 15.8. The lowest BCUT2D eigenvalue weighted by Crippen LogP contribution is -1.86. The van der Waals surface area contributed by atoms with Crippen LogP contribution in [0.4, 0.5) is 0 Å². The van der Waals surface area contributed by atoms with E-state index < -0.39 is 0 Å². The standard InChI is InChI=1S/C24H8Br10S3/c25-9-1-15(31)23(16(32)2-9)36-21-7-11(27)19(5-13(21)29)35-20-6-14(30)22(8-12(20)28)37-24-17(33)3-10(26)4-18(24)34/h1-8H. The van der Waals surface area contributed by atoms with Gasteiger partial charge in [0.25, 0.3) is 0 Å². The number of rotatable bonds is 6. The van der Waals surface area contributed by atoms with Gasteiger partial charge in [0, 0.05) is 74.1 Å². The van der Waals surface area contributed by atoms with E-state index in [1.807, 2.05) is 24.3 Å². The van der Waals surface area contributed by atoms with Gasteiger partial charge in [-0.2, -0.15) is 0 Å². The van der Waals surface area contributed by atoms with Crippen molar-refractivity contribution in [1.82, 2.24) is 0 Å². The Morgan fingerprint density at radius 2 is 0.541 bits per heavy atom. The summed E-state index contributed by atoms with van der Waals surface area (Å²) < 4.78 is 10.2. The van der Waals surface area contributed by atoms with E-state index in [1.54, 1.807) is 35.3 Å². The summed E-state index contributed by atoms with van der Waals surface area (Å²) in [6.07, 6.45) is 0. The van der Waals surface area contributed by atoms with Crippen LogP contribution in [0.15, 0.2) is 123 Å². The molecule has 0 heterocycles. The average Bonchev–Trinajstić information content (AvgIpc) is 2.79.